The van der Waals surface area contributed by atoms with Gasteiger partial charge in [-0.15, -0.1) is 0 Å². The van der Waals surface area contributed by atoms with Crippen molar-refractivity contribution in [1.29, 1.82) is 0 Å². The Morgan fingerprint density at radius 3 is 1.14 bits per heavy atom. The van der Waals surface area contributed by atoms with E-state index in [-0.39, 0.29) is 0 Å². The summed E-state index contributed by atoms with van der Waals surface area (Å²) in [6.07, 6.45) is 18.6. The highest BCUT2D eigenvalue weighted by Crippen LogP contribution is 2.65. The van der Waals surface area contributed by atoms with Gasteiger partial charge >= 0.3 is 0 Å². The lowest BCUT2D eigenvalue weighted by Gasteiger charge is -2.20. The summed E-state index contributed by atoms with van der Waals surface area (Å²) in [5.41, 5.74) is 0. The van der Waals surface area contributed by atoms with Crippen molar-refractivity contribution in [3.8, 4) is 28.3 Å². The van der Waals surface area contributed by atoms with E-state index < -0.39 is 7.53 Å². The van der Waals surface area contributed by atoms with Crippen LogP contribution in [0.2, 0.25) is 0 Å². The highest BCUT2D eigenvalue weighted by molar-refractivity contribution is 7.69. The fourth-order valence-electron chi connectivity index (χ4n) is 10.3. The van der Waals surface area contributed by atoms with E-state index in [1.165, 1.54) is 157 Å². The smallest absolute Gasteiger partial charge is 0.131 e. The monoisotopic (exact) mass is 858 g/mol. The summed E-state index contributed by atoms with van der Waals surface area (Å²) in [6.45, 7) is 11.9. The summed E-state index contributed by atoms with van der Waals surface area (Å²) >= 11 is 0. The molecule has 0 spiro atoms. The maximum absolute atomic E-state index is 6.97. The summed E-state index contributed by atoms with van der Waals surface area (Å²) in [5.74, 6) is 3.70. The van der Waals surface area contributed by atoms with Crippen LogP contribution in [0.4, 0.5) is 0 Å². The van der Waals surface area contributed by atoms with Gasteiger partial charge in [0.2, 0.25) is 0 Å². The number of benzene rings is 8. The Morgan fingerprint density at radius 2 is 0.730 bits per heavy atom. The molecule has 0 bridgehead atoms. The molecule has 5 heteroatoms. The molecule has 0 N–H and O–H groups in total. The van der Waals surface area contributed by atoms with Crippen LogP contribution >= 0.6 is 7.53 Å². The van der Waals surface area contributed by atoms with E-state index in [1.54, 1.807) is 0 Å². The molecule has 0 aliphatic carbocycles. The first-order valence-electron chi connectivity index (χ1n) is 24.7. The van der Waals surface area contributed by atoms with Gasteiger partial charge in [-0.3, -0.25) is 0 Å². The predicted molar refractivity (Wildman–Crippen MR) is 274 cm³/mol. The van der Waals surface area contributed by atoms with Gasteiger partial charge in [-0.25, -0.2) is 0 Å². The van der Waals surface area contributed by atoms with Gasteiger partial charge in [0.15, 0.2) is 0 Å². The molecule has 1 aromatic heterocycles. The van der Waals surface area contributed by atoms with Crippen molar-refractivity contribution in [1.82, 2.24) is 0 Å². The lowest BCUT2D eigenvalue weighted by Crippen LogP contribution is -2.01. The van der Waals surface area contributed by atoms with E-state index >= 15 is 0 Å². The minimum atomic E-state index is -1.05. The highest BCUT2D eigenvalue weighted by Gasteiger charge is 2.30. The van der Waals surface area contributed by atoms with Crippen molar-refractivity contribution >= 4 is 82.4 Å². The second-order valence-corrected chi connectivity index (χ2v) is 20.0. The lowest BCUT2D eigenvalue weighted by molar-refractivity contribution is 0.292. The van der Waals surface area contributed by atoms with Crippen molar-refractivity contribution in [2.24, 2.45) is 0 Å². The van der Waals surface area contributed by atoms with Crippen molar-refractivity contribution in [2.75, 3.05) is 26.4 Å². The molecule has 0 saturated carbocycles. The molecular weight excluding hydrogens is 792 g/mol. The molecule has 0 fully saturated rings. The summed E-state index contributed by atoms with van der Waals surface area (Å²) in [6, 6.07) is 34.4. The van der Waals surface area contributed by atoms with Gasteiger partial charge in [0.25, 0.3) is 0 Å². The van der Waals surface area contributed by atoms with Gasteiger partial charge in [-0.1, -0.05) is 179 Å². The molecule has 63 heavy (non-hydrogen) atoms. The Balaban J connectivity index is 1.40. The Kier molecular flexibility index (Phi) is 14.0. The van der Waals surface area contributed by atoms with Crippen LogP contribution in [0.25, 0.3) is 80.2 Å². The maximum atomic E-state index is 6.97. The predicted octanol–water partition coefficient (Wildman–Crippen LogP) is 18.4. The van der Waals surface area contributed by atoms with Crippen LogP contribution in [0.15, 0.2) is 91.0 Å². The second-order valence-electron chi connectivity index (χ2n) is 17.9. The fraction of sp³-hybridized carbons (Fsp3) is 0.414. The molecule has 4 nitrogen and oxygen atoms in total. The van der Waals surface area contributed by atoms with Crippen molar-refractivity contribution in [3.05, 3.63) is 91.0 Å². The van der Waals surface area contributed by atoms with Crippen LogP contribution in [-0.2, 0) is 0 Å². The van der Waals surface area contributed by atoms with Crippen LogP contribution < -0.4 is 18.9 Å². The summed E-state index contributed by atoms with van der Waals surface area (Å²) in [5, 5.41) is 19.7. The normalized spacial score (nSPS) is 12.1. The van der Waals surface area contributed by atoms with Gasteiger partial charge in [-0.2, -0.15) is 0 Å². The first-order valence-corrected chi connectivity index (χ1v) is 26.0. The van der Waals surface area contributed by atoms with Crippen LogP contribution in [0, 0.1) is 0 Å². The summed E-state index contributed by atoms with van der Waals surface area (Å²) in [7, 11) is -1.05. The van der Waals surface area contributed by atoms with Crippen LogP contribution in [0.1, 0.15) is 130 Å². The number of hydrogen-bond donors (Lipinski definition) is 0. The Hall–Kier alpha value is -4.92. The van der Waals surface area contributed by atoms with Gasteiger partial charge in [0.1, 0.15) is 23.0 Å². The zero-order chi connectivity index (χ0) is 43.1. The summed E-state index contributed by atoms with van der Waals surface area (Å²) < 4.78 is 27.4. The van der Waals surface area contributed by atoms with Crippen LogP contribution in [0.5, 0.6) is 23.0 Å². The van der Waals surface area contributed by atoms with Gasteiger partial charge in [0, 0.05) is 54.7 Å². The molecule has 9 rings (SSSR count). The summed E-state index contributed by atoms with van der Waals surface area (Å²) in [4.78, 5) is 0. The molecule has 0 radical (unpaired) electrons. The Bertz CT molecular complexity index is 2730. The van der Waals surface area contributed by atoms with Crippen LogP contribution in [0.3, 0.4) is 0 Å². The maximum Gasteiger partial charge on any atom is 0.131 e. The van der Waals surface area contributed by atoms with E-state index in [1.807, 2.05) is 0 Å². The number of unbranched alkanes of at least 4 members (excludes halogenated alkanes) is 12. The molecule has 0 amide bonds. The molecule has 1 heterocycles. The molecule has 9 aromatic rings. The van der Waals surface area contributed by atoms with E-state index in [9.17, 15) is 0 Å². The van der Waals surface area contributed by atoms with Gasteiger partial charge in [-0.05, 0) is 75.4 Å². The molecular formula is C58H67O4P. The highest BCUT2D eigenvalue weighted by atomic mass is 31.1. The fourth-order valence-corrected chi connectivity index (χ4v) is 13.2. The minimum absolute atomic E-state index is 0.692. The number of hydrogen-bond acceptors (Lipinski definition) is 4. The van der Waals surface area contributed by atoms with Crippen molar-refractivity contribution < 1.29 is 18.9 Å². The van der Waals surface area contributed by atoms with Crippen molar-refractivity contribution in [3.63, 3.8) is 0 Å². The molecule has 0 atom stereocenters. The molecule has 328 valence electrons. The average molecular weight is 859 g/mol. The van der Waals surface area contributed by atoms with E-state index in [0.29, 0.717) is 26.4 Å². The van der Waals surface area contributed by atoms with Gasteiger partial charge in [0.05, 0.1) is 26.4 Å². The van der Waals surface area contributed by atoms with E-state index in [2.05, 4.69) is 119 Å². The largest absolute Gasteiger partial charge is 0.493 e. The quantitative estimate of drug-likeness (QED) is 0.0326. The van der Waals surface area contributed by atoms with E-state index in [4.69, 9.17) is 18.9 Å². The Morgan fingerprint density at radius 1 is 0.333 bits per heavy atom. The topological polar surface area (TPSA) is 36.9 Å². The first kappa shape index (κ1) is 43.3. The molecule has 0 saturated heterocycles. The molecule has 8 aromatic carbocycles. The number of fused-ring (bicyclic) bond motifs is 7. The number of rotatable bonds is 25. The molecule has 0 unspecified atom stereocenters. The van der Waals surface area contributed by atoms with E-state index in [0.717, 1.165) is 48.7 Å². The average Bonchev–Trinajstić information content (AvgIpc) is 3.68. The van der Waals surface area contributed by atoms with Crippen LogP contribution in [-0.4, -0.2) is 26.4 Å². The lowest BCUT2D eigenvalue weighted by atomic mass is 9.85. The third kappa shape index (κ3) is 8.46. The first-order chi connectivity index (χ1) is 31.2. The zero-order valence-corrected chi connectivity index (χ0v) is 39.3. The van der Waals surface area contributed by atoms with Gasteiger partial charge < -0.3 is 18.9 Å². The Labute approximate surface area is 376 Å². The minimum Gasteiger partial charge on any atom is -0.493 e. The standard InChI is InChI=1S/C58H67O4P/c1-5-9-13-20-32-59-40-36-47-51(49(38-40)61-34-22-15-11-7-3)45-30-24-28-43-44-29-25-31-46-52-48(37-41(60-33-21-14-10-6-2)39-50(52)62-35-23-16-12-8-4)58-56(54(44)46)55(53(43)45)57(47)63(58)42-26-18-17-19-27-42/h17-19,24-31,36-39H,5-16,20-23,32-35H2,1-4H3. The zero-order valence-electron chi connectivity index (χ0n) is 38.4. The molecule has 0 aliphatic rings. The SMILES string of the molecule is CCCCCCOc1cc(OCCCCCC)c2c3cccc4c5cccc6c7c(OCCCCCC)cc(OCCCCCC)cc7c7c(c56)c(c43)c(c2c1)p7-c1ccccc1. The third-order valence-electron chi connectivity index (χ3n) is 13.3. The number of ether oxygens (including phenoxy) is 4. The third-order valence-corrected chi connectivity index (χ3v) is 16.0. The molecule has 0 aliphatic heterocycles. The van der Waals surface area contributed by atoms with Crippen molar-refractivity contribution in [2.45, 2.75) is 130 Å². The second kappa shape index (κ2) is 20.3.